The smallest absolute Gasteiger partial charge is 0.243 e. The summed E-state index contributed by atoms with van der Waals surface area (Å²) in [5.74, 6) is 0.167. The molecule has 14 heteroatoms. The quantitative estimate of drug-likeness (QED) is 0.0396. The Labute approximate surface area is 304 Å². The number of aliphatic hydroxyl groups is 1. The van der Waals surface area contributed by atoms with E-state index in [2.05, 4.69) is 20.8 Å². The zero-order valence-corrected chi connectivity index (χ0v) is 29.1. The fourth-order valence-corrected chi connectivity index (χ4v) is 6.73. The van der Waals surface area contributed by atoms with Gasteiger partial charge in [0.15, 0.2) is 6.29 Å². The molecule has 2 heterocycles. The van der Waals surface area contributed by atoms with E-state index < -0.39 is 12.2 Å². The first kappa shape index (κ1) is 36.7. The summed E-state index contributed by atoms with van der Waals surface area (Å²) in [6.45, 7) is 0.346. The van der Waals surface area contributed by atoms with Crippen LogP contribution in [0, 0.1) is 0 Å². The standard InChI is InChI=1S/C38H40N6O7S/c45-23-25-8-10-28(11-9-25)34-21-33(24-52-38-40-42-43-44(38)31-16-18-32(46)19-17-31)50-37(51-34)29-14-12-27(13-15-29)30-5-3-4-26(20-30)22-39-35(47)6-1-2-7-36(48)41-49/h3-5,8-20,33-34,37,45-46,49H,1-2,6-7,21-24H2,(H,39,47)(H,41,48)/t33-,34+,37+/m0/s1. The molecule has 1 aliphatic heterocycles. The first-order chi connectivity index (χ1) is 25.4. The topological polar surface area (TPSA) is 181 Å². The third-order valence-corrected chi connectivity index (χ3v) is 9.71. The van der Waals surface area contributed by atoms with Crippen molar-refractivity contribution in [3.63, 3.8) is 0 Å². The molecule has 1 fully saturated rings. The first-order valence-electron chi connectivity index (χ1n) is 17.0. The molecule has 0 unspecified atom stereocenters. The number of rotatable bonds is 15. The van der Waals surface area contributed by atoms with E-state index in [1.165, 1.54) is 11.8 Å². The number of carbonyl (C=O) groups is 2. The van der Waals surface area contributed by atoms with Crippen LogP contribution in [0.25, 0.3) is 16.8 Å². The van der Waals surface area contributed by atoms with Gasteiger partial charge in [-0.15, -0.1) is 5.10 Å². The number of nitrogens with one attached hydrogen (secondary N) is 2. The Morgan fingerprint density at radius 1 is 0.846 bits per heavy atom. The molecular formula is C38H40N6O7S. The predicted molar refractivity (Wildman–Crippen MR) is 192 cm³/mol. The van der Waals surface area contributed by atoms with E-state index >= 15 is 0 Å². The van der Waals surface area contributed by atoms with Crippen LogP contribution in [0.15, 0.2) is 102 Å². The Kier molecular flexibility index (Phi) is 12.6. The lowest BCUT2D eigenvalue weighted by Gasteiger charge is -2.36. The molecule has 6 rings (SSSR count). The number of hydrogen-bond donors (Lipinski definition) is 5. The van der Waals surface area contributed by atoms with Crippen LogP contribution in [0.2, 0.25) is 0 Å². The lowest BCUT2D eigenvalue weighted by atomic mass is 9.99. The van der Waals surface area contributed by atoms with Crippen molar-refractivity contribution in [3.05, 3.63) is 119 Å². The molecule has 0 spiro atoms. The van der Waals surface area contributed by atoms with Crippen molar-refractivity contribution in [1.29, 1.82) is 0 Å². The molecule has 2 amide bonds. The molecule has 5 N–H and O–H groups in total. The van der Waals surface area contributed by atoms with Crippen LogP contribution in [0.3, 0.4) is 0 Å². The molecule has 0 radical (unpaired) electrons. The average molecular weight is 725 g/mol. The summed E-state index contributed by atoms with van der Waals surface area (Å²) in [5.41, 5.74) is 7.96. The van der Waals surface area contributed by atoms with Gasteiger partial charge < -0.3 is 25.0 Å². The highest BCUT2D eigenvalue weighted by molar-refractivity contribution is 7.99. The Morgan fingerprint density at radius 2 is 1.58 bits per heavy atom. The Bertz CT molecular complexity index is 1920. The molecule has 3 atom stereocenters. The summed E-state index contributed by atoms with van der Waals surface area (Å²) in [4.78, 5) is 23.4. The number of thioether (sulfide) groups is 1. The molecule has 1 saturated heterocycles. The van der Waals surface area contributed by atoms with Crippen molar-refractivity contribution in [3.8, 4) is 22.6 Å². The van der Waals surface area contributed by atoms with Gasteiger partial charge in [-0.3, -0.25) is 14.8 Å². The molecule has 52 heavy (non-hydrogen) atoms. The van der Waals surface area contributed by atoms with Gasteiger partial charge in [0, 0.05) is 37.1 Å². The van der Waals surface area contributed by atoms with Crippen molar-refractivity contribution in [2.24, 2.45) is 0 Å². The highest BCUT2D eigenvalue weighted by atomic mass is 32.2. The van der Waals surface area contributed by atoms with Crippen LogP contribution in [-0.4, -0.2) is 59.3 Å². The lowest BCUT2D eigenvalue weighted by molar-refractivity contribution is -0.245. The van der Waals surface area contributed by atoms with Crippen molar-refractivity contribution in [1.82, 2.24) is 31.0 Å². The summed E-state index contributed by atoms with van der Waals surface area (Å²) >= 11 is 1.47. The molecule has 0 saturated carbocycles. The van der Waals surface area contributed by atoms with Crippen LogP contribution in [0.1, 0.15) is 66.8 Å². The van der Waals surface area contributed by atoms with Gasteiger partial charge in [0.25, 0.3) is 0 Å². The largest absolute Gasteiger partial charge is 0.508 e. The van der Waals surface area contributed by atoms with E-state index in [4.69, 9.17) is 14.7 Å². The van der Waals surface area contributed by atoms with Gasteiger partial charge in [-0.1, -0.05) is 78.5 Å². The summed E-state index contributed by atoms with van der Waals surface area (Å²) in [6.07, 6.45) is 1.06. The van der Waals surface area contributed by atoms with Crippen molar-refractivity contribution < 1.29 is 34.5 Å². The monoisotopic (exact) mass is 724 g/mol. The van der Waals surface area contributed by atoms with Crippen LogP contribution in [0.4, 0.5) is 0 Å². The number of hydrogen-bond acceptors (Lipinski definition) is 11. The van der Waals surface area contributed by atoms with Gasteiger partial charge in [-0.25, -0.2) is 5.48 Å². The SMILES string of the molecule is O=C(CCCCC(=O)NCc1cccc(-c2ccc([C@@H]3O[C@H](CSc4nnnn4-c4ccc(O)cc4)C[C@H](c4ccc(CO)cc4)O3)cc2)c1)NO. The van der Waals surface area contributed by atoms with Crippen molar-refractivity contribution in [2.75, 3.05) is 5.75 Å². The minimum atomic E-state index is -0.636. The number of nitrogens with zero attached hydrogens (tertiary/aromatic N) is 4. The van der Waals surface area contributed by atoms with Crippen LogP contribution < -0.4 is 10.8 Å². The number of aromatic hydroxyl groups is 1. The van der Waals surface area contributed by atoms with Gasteiger partial charge in [0.2, 0.25) is 17.0 Å². The highest BCUT2D eigenvalue weighted by Gasteiger charge is 2.32. The minimum absolute atomic E-state index is 0.0362. The predicted octanol–water partition coefficient (Wildman–Crippen LogP) is 5.55. The van der Waals surface area contributed by atoms with E-state index in [1.54, 1.807) is 34.4 Å². The number of phenolic OH excluding ortho intramolecular Hbond substituents is 1. The third kappa shape index (κ3) is 9.80. The van der Waals surface area contributed by atoms with E-state index in [9.17, 15) is 19.8 Å². The zero-order valence-electron chi connectivity index (χ0n) is 28.3. The maximum absolute atomic E-state index is 12.3. The highest BCUT2D eigenvalue weighted by Crippen LogP contribution is 2.40. The summed E-state index contributed by atoms with van der Waals surface area (Å²) < 4.78 is 14.7. The van der Waals surface area contributed by atoms with Gasteiger partial charge >= 0.3 is 0 Å². The molecule has 1 aliphatic rings. The van der Waals surface area contributed by atoms with Crippen molar-refractivity contribution in [2.45, 2.75) is 68.9 Å². The molecule has 5 aromatic rings. The lowest BCUT2D eigenvalue weighted by Crippen LogP contribution is -2.31. The number of carbonyl (C=O) groups excluding carboxylic acids is 2. The minimum Gasteiger partial charge on any atom is -0.508 e. The molecule has 4 aromatic carbocycles. The van der Waals surface area contributed by atoms with Crippen LogP contribution in [-0.2, 0) is 32.2 Å². The number of benzene rings is 4. The van der Waals surface area contributed by atoms with Gasteiger partial charge in [0.1, 0.15) is 5.75 Å². The third-order valence-electron chi connectivity index (χ3n) is 8.66. The Balaban J connectivity index is 1.11. The van der Waals surface area contributed by atoms with E-state index in [0.29, 0.717) is 43.1 Å². The summed E-state index contributed by atoms with van der Waals surface area (Å²) in [6, 6.07) is 30.4. The summed E-state index contributed by atoms with van der Waals surface area (Å²) in [7, 11) is 0. The van der Waals surface area contributed by atoms with Gasteiger partial charge in [-0.05, 0) is 81.4 Å². The molecule has 0 bridgehead atoms. The number of amides is 2. The van der Waals surface area contributed by atoms with E-state index in [1.807, 2.05) is 72.8 Å². The number of aliphatic hydroxyl groups excluding tert-OH is 1. The fraction of sp³-hybridized carbons (Fsp3) is 0.289. The second-order valence-corrected chi connectivity index (χ2v) is 13.4. The number of hydroxylamine groups is 1. The van der Waals surface area contributed by atoms with Crippen LogP contribution in [0.5, 0.6) is 5.75 Å². The van der Waals surface area contributed by atoms with Gasteiger partial charge in [-0.2, -0.15) is 4.68 Å². The van der Waals surface area contributed by atoms with E-state index in [-0.39, 0.29) is 36.9 Å². The number of aromatic nitrogens is 4. The Hall–Kier alpha value is -5.12. The number of tetrazole rings is 1. The van der Waals surface area contributed by atoms with Gasteiger partial charge in [0.05, 0.1) is 24.5 Å². The van der Waals surface area contributed by atoms with Crippen LogP contribution >= 0.6 is 11.8 Å². The van der Waals surface area contributed by atoms with E-state index in [0.717, 1.165) is 39.1 Å². The second kappa shape index (κ2) is 17.9. The number of phenols is 1. The van der Waals surface area contributed by atoms with Crippen molar-refractivity contribution >= 4 is 23.6 Å². The first-order valence-corrected chi connectivity index (χ1v) is 18.0. The summed E-state index contributed by atoms with van der Waals surface area (Å²) in [5, 5.41) is 43.6. The maximum Gasteiger partial charge on any atom is 0.243 e. The second-order valence-electron chi connectivity index (χ2n) is 12.4. The Morgan fingerprint density at radius 3 is 2.31 bits per heavy atom. The molecule has 0 aliphatic carbocycles. The zero-order chi connectivity index (χ0) is 36.3. The molecule has 13 nitrogen and oxygen atoms in total. The normalized spacial score (nSPS) is 17.1. The average Bonchev–Trinajstić information content (AvgIpc) is 3.67. The fourth-order valence-electron chi connectivity index (χ4n) is 5.82. The number of ether oxygens (including phenoxy) is 2. The maximum atomic E-state index is 12.3. The molecule has 1 aromatic heterocycles. The number of unbranched alkanes of at least 4 members (excludes halogenated alkanes) is 1. The molecule has 270 valence electrons. The molecular weight excluding hydrogens is 685 g/mol.